The molecule has 1 aliphatic rings. The lowest BCUT2D eigenvalue weighted by Gasteiger charge is -2.16. The van der Waals surface area contributed by atoms with E-state index in [0.29, 0.717) is 6.04 Å². The summed E-state index contributed by atoms with van der Waals surface area (Å²) in [5, 5.41) is 6.73. The summed E-state index contributed by atoms with van der Waals surface area (Å²) in [5.74, 6) is 2.63. The van der Waals surface area contributed by atoms with E-state index in [0.717, 1.165) is 36.2 Å². The SMILES string of the molecule is CCCNc1ncc(C)c(NC(C)CC2CC2)n1. The van der Waals surface area contributed by atoms with Crippen molar-refractivity contribution >= 4 is 11.8 Å². The standard InChI is InChI=1S/C14H24N4/c1-4-7-15-14-16-9-10(2)13(18-14)17-11(3)8-12-5-6-12/h9,11-12H,4-8H2,1-3H3,(H2,15,16,17,18). The molecule has 18 heavy (non-hydrogen) atoms. The number of anilines is 2. The molecule has 1 heterocycles. The molecule has 4 nitrogen and oxygen atoms in total. The van der Waals surface area contributed by atoms with Crippen LogP contribution >= 0.6 is 0 Å². The van der Waals surface area contributed by atoms with Gasteiger partial charge in [-0.05, 0) is 32.6 Å². The average Bonchev–Trinajstić information content (AvgIpc) is 3.14. The van der Waals surface area contributed by atoms with Gasteiger partial charge in [-0.1, -0.05) is 19.8 Å². The van der Waals surface area contributed by atoms with E-state index in [9.17, 15) is 0 Å². The highest BCUT2D eigenvalue weighted by Crippen LogP contribution is 2.34. The maximum Gasteiger partial charge on any atom is 0.224 e. The largest absolute Gasteiger partial charge is 0.367 e. The monoisotopic (exact) mass is 248 g/mol. The second kappa shape index (κ2) is 6.03. The summed E-state index contributed by atoms with van der Waals surface area (Å²) < 4.78 is 0. The predicted octanol–water partition coefficient (Wildman–Crippen LogP) is 3.21. The summed E-state index contributed by atoms with van der Waals surface area (Å²) in [6.45, 7) is 7.34. The van der Waals surface area contributed by atoms with Gasteiger partial charge in [-0.25, -0.2) is 4.98 Å². The van der Waals surface area contributed by atoms with Crippen molar-refractivity contribution in [2.45, 2.75) is 52.5 Å². The van der Waals surface area contributed by atoms with E-state index < -0.39 is 0 Å². The third-order valence-corrected chi connectivity index (χ3v) is 3.27. The fourth-order valence-corrected chi connectivity index (χ4v) is 2.06. The third-order valence-electron chi connectivity index (χ3n) is 3.27. The number of hydrogen-bond acceptors (Lipinski definition) is 4. The second-order valence-corrected chi connectivity index (χ2v) is 5.38. The predicted molar refractivity (Wildman–Crippen MR) is 76.0 cm³/mol. The molecule has 1 fully saturated rings. The van der Waals surface area contributed by atoms with Crippen molar-refractivity contribution in [1.29, 1.82) is 0 Å². The minimum atomic E-state index is 0.491. The number of aromatic nitrogens is 2. The van der Waals surface area contributed by atoms with E-state index in [2.05, 4.69) is 41.4 Å². The van der Waals surface area contributed by atoms with Crippen molar-refractivity contribution in [3.63, 3.8) is 0 Å². The average molecular weight is 248 g/mol. The van der Waals surface area contributed by atoms with E-state index in [-0.39, 0.29) is 0 Å². The lowest BCUT2D eigenvalue weighted by atomic mass is 10.1. The van der Waals surface area contributed by atoms with Gasteiger partial charge in [0.25, 0.3) is 0 Å². The van der Waals surface area contributed by atoms with Gasteiger partial charge in [0.05, 0.1) is 0 Å². The Morgan fingerprint density at radius 2 is 2.22 bits per heavy atom. The van der Waals surface area contributed by atoms with Crippen molar-refractivity contribution in [1.82, 2.24) is 9.97 Å². The molecule has 1 aliphatic carbocycles. The quantitative estimate of drug-likeness (QED) is 0.778. The smallest absolute Gasteiger partial charge is 0.224 e. The van der Waals surface area contributed by atoms with Crippen LogP contribution in [0.1, 0.15) is 45.1 Å². The Hall–Kier alpha value is -1.32. The topological polar surface area (TPSA) is 49.8 Å². The molecule has 100 valence electrons. The number of aryl methyl sites for hydroxylation is 1. The van der Waals surface area contributed by atoms with Crippen LogP contribution in [-0.2, 0) is 0 Å². The van der Waals surface area contributed by atoms with Crippen molar-refractivity contribution in [2.24, 2.45) is 5.92 Å². The first-order valence-corrected chi connectivity index (χ1v) is 7.03. The van der Waals surface area contributed by atoms with Gasteiger partial charge in [0.1, 0.15) is 5.82 Å². The van der Waals surface area contributed by atoms with Gasteiger partial charge in [-0.15, -0.1) is 0 Å². The van der Waals surface area contributed by atoms with Gasteiger partial charge in [-0.3, -0.25) is 0 Å². The number of hydrogen-bond donors (Lipinski definition) is 2. The highest BCUT2D eigenvalue weighted by Gasteiger charge is 2.23. The maximum atomic E-state index is 4.54. The van der Waals surface area contributed by atoms with Crippen LogP contribution in [-0.4, -0.2) is 22.6 Å². The highest BCUT2D eigenvalue weighted by atomic mass is 15.1. The highest BCUT2D eigenvalue weighted by molar-refractivity contribution is 5.46. The number of rotatable bonds is 7. The van der Waals surface area contributed by atoms with Crippen molar-refractivity contribution in [2.75, 3.05) is 17.2 Å². The zero-order valence-corrected chi connectivity index (χ0v) is 11.7. The Bertz CT molecular complexity index is 387. The van der Waals surface area contributed by atoms with Crippen LogP contribution in [0.15, 0.2) is 6.20 Å². The first kappa shape index (κ1) is 13.1. The van der Waals surface area contributed by atoms with Gasteiger partial charge in [-0.2, -0.15) is 4.98 Å². The van der Waals surface area contributed by atoms with E-state index >= 15 is 0 Å². The summed E-state index contributed by atoms with van der Waals surface area (Å²) in [6.07, 6.45) is 7.02. The number of nitrogens with zero attached hydrogens (tertiary/aromatic N) is 2. The molecule has 0 saturated heterocycles. The fourth-order valence-electron chi connectivity index (χ4n) is 2.06. The van der Waals surface area contributed by atoms with Crippen molar-refractivity contribution in [3.05, 3.63) is 11.8 Å². The molecule has 2 rings (SSSR count). The van der Waals surface area contributed by atoms with Crippen LogP contribution in [0, 0.1) is 12.8 Å². The molecule has 0 aliphatic heterocycles. The molecule has 0 spiro atoms. The van der Waals surface area contributed by atoms with Gasteiger partial charge >= 0.3 is 0 Å². The normalized spacial score (nSPS) is 16.4. The summed E-state index contributed by atoms with van der Waals surface area (Å²) in [7, 11) is 0. The maximum absolute atomic E-state index is 4.54. The Balaban J connectivity index is 1.95. The zero-order valence-electron chi connectivity index (χ0n) is 11.7. The molecule has 0 amide bonds. The summed E-state index contributed by atoms with van der Waals surface area (Å²) >= 11 is 0. The molecule has 1 aromatic heterocycles. The minimum absolute atomic E-state index is 0.491. The molecule has 1 saturated carbocycles. The molecule has 4 heteroatoms. The van der Waals surface area contributed by atoms with Crippen LogP contribution in [0.4, 0.5) is 11.8 Å². The molecule has 0 radical (unpaired) electrons. The van der Waals surface area contributed by atoms with Gasteiger partial charge < -0.3 is 10.6 Å². The molecule has 1 aromatic rings. The second-order valence-electron chi connectivity index (χ2n) is 5.38. The van der Waals surface area contributed by atoms with Crippen molar-refractivity contribution < 1.29 is 0 Å². The van der Waals surface area contributed by atoms with E-state index in [1.54, 1.807) is 0 Å². The summed E-state index contributed by atoms with van der Waals surface area (Å²) in [4.78, 5) is 8.84. The van der Waals surface area contributed by atoms with Crippen LogP contribution in [0.5, 0.6) is 0 Å². The van der Waals surface area contributed by atoms with Crippen LogP contribution in [0.3, 0.4) is 0 Å². The van der Waals surface area contributed by atoms with Crippen LogP contribution in [0.25, 0.3) is 0 Å². The van der Waals surface area contributed by atoms with Crippen LogP contribution in [0.2, 0.25) is 0 Å². The summed E-state index contributed by atoms with van der Waals surface area (Å²) in [6, 6.07) is 0.491. The van der Waals surface area contributed by atoms with E-state index in [1.807, 2.05) is 6.20 Å². The summed E-state index contributed by atoms with van der Waals surface area (Å²) in [5.41, 5.74) is 1.11. The third kappa shape index (κ3) is 3.86. The van der Waals surface area contributed by atoms with Gasteiger partial charge in [0.2, 0.25) is 5.95 Å². The fraction of sp³-hybridized carbons (Fsp3) is 0.714. The van der Waals surface area contributed by atoms with Gasteiger partial charge in [0.15, 0.2) is 0 Å². The molecule has 0 bridgehead atoms. The van der Waals surface area contributed by atoms with Crippen molar-refractivity contribution in [3.8, 4) is 0 Å². The zero-order chi connectivity index (χ0) is 13.0. The first-order valence-electron chi connectivity index (χ1n) is 7.03. The Labute approximate surface area is 110 Å². The molecule has 1 unspecified atom stereocenters. The number of nitrogens with one attached hydrogen (secondary N) is 2. The van der Waals surface area contributed by atoms with Gasteiger partial charge in [0, 0.05) is 24.3 Å². The molecule has 0 aromatic carbocycles. The Morgan fingerprint density at radius 3 is 2.89 bits per heavy atom. The molecule has 1 atom stereocenters. The molecular weight excluding hydrogens is 224 g/mol. The molecule has 2 N–H and O–H groups in total. The van der Waals surface area contributed by atoms with E-state index in [1.165, 1.54) is 19.3 Å². The Kier molecular flexibility index (Phi) is 4.39. The van der Waals surface area contributed by atoms with E-state index in [4.69, 9.17) is 0 Å². The first-order chi connectivity index (χ1) is 8.69. The lowest BCUT2D eigenvalue weighted by molar-refractivity contribution is 0.639. The lowest BCUT2D eigenvalue weighted by Crippen LogP contribution is -2.18. The molecular formula is C14H24N4. The van der Waals surface area contributed by atoms with Crippen LogP contribution < -0.4 is 10.6 Å². The Morgan fingerprint density at radius 1 is 1.44 bits per heavy atom. The minimum Gasteiger partial charge on any atom is -0.367 e.